The van der Waals surface area contributed by atoms with Gasteiger partial charge in [-0.3, -0.25) is 5.43 Å². The summed E-state index contributed by atoms with van der Waals surface area (Å²) in [4.78, 5) is 10.8. The van der Waals surface area contributed by atoms with Gasteiger partial charge in [0.1, 0.15) is 0 Å². The van der Waals surface area contributed by atoms with Gasteiger partial charge in [-0.25, -0.2) is 10.6 Å². The summed E-state index contributed by atoms with van der Waals surface area (Å²) >= 11 is 9.01. The largest absolute Gasteiger partial charge is 0.333 e. The van der Waals surface area contributed by atoms with Crippen molar-refractivity contribution in [3.05, 3.63) is 27.7 Å². The minimum absolute atomic E-state index is 0.497. The predicted octanol–water partition coefficient (Wildman–Crippen LogP) is 2.10. The van der Waals surface area contributed by atoms with Crippen LogP contribution in [0.1, 0.15) is 0 Å². The monoisotopic (exact) mass is 263 g/mol. The lowest BCUT2D eigenvalue weighted by Crippen LogP contribution is -2.34. The van der Waals surface area contributed by atoms with Crippen molar-refractivity contribution in [2.24, 2.45) is 5.84 Å². The standard InChI is InChI=1S/C7H7BrClN3O/c8-6-4(9)2-1-3-5(6)11-7(13)12-10/h1-3H,10H2,(H2,11,12,13). The van der Waals surface area contributed by atoms with Crippen molar-refractivity contribution in [1.82, 2.24) is 5.43 Å². The van der Waals surface area contributed by atoms with E-state index in [2.05, 4.69) is 21.2 Å². The summed E-state index contributed by atoms with van der Waals surface area (Å²) < 4.78 is 0.625. The molecule has 2 amide bonds. The quantitative estimate of drug-likeness (QED) is 0.413. The SMILES string of the molecule is NNC(=O)Nc1cccc(Cl)c1Br. The molecule has 0 fully saturated rings. The fraction of sp³-hybridized carbons (Fsp3) is 0. The summed E-state index contributed by atoms with van der Waals surface area (Å²) in [7, 11) is 0. The number of carbonyl (C=O) groups excluding carboxylic acids is 1. The Bertz CT molecular complexity index is 332. The molecule has 0 aliphatic carbocycles. The van der Waals surface area contributed by atoms with Gasteiger partial charge < -0.3 is 5.32 Å². The van der Waals surface area contributed by atoms with Crippen LogP contribution < -0.4 is 16.6 Å². The third-order valence-electron chi connectivity index (χ3n) is 1.33. The van der Waals surface area contributed by atoms with E-state index in [1.807, 2.05) is 5.43 Å². The van der Waals surface area contributed by atoms with Crippen molar-refractivity contribution in [3.8, 4) is 0 Å². The van der Waals surface area contributed by atoms with Gasteiger partial charge >= 0.3 is 6.03 Å². The number of nitrogens with two attached hydrogens (primary N) is 1. The number of rotatable bonds is 1. The summed E-state index contributed by atoms with van der Waals surface area (Å²) in [6.45, 7) is 0. The van der Waals surface area contributed by atoms with Crippen LogP contribution in [0.25, 0.3) is 0 Å². The number of hydrogen-bond acceptors (Lipinski definition) is 2. The summed E-state index contributed by atoms with van der Waals surface area (Å²) in [5, 5.41) is 3.02. The van der Waals surface area contributed by atoms with Crippen LogP contribution in [0.3, 0.4) is 0 Å². The number of hydrogen-bond donors (Lipinski definition) is 3. The topological polar surface area (TPSA) is 67.1 Å². The van der Waals surface area contributed by atoms with E-state index in [-0.39, 0.29) is 0 Å². The molecular weight excluding hydrogens is 257 g/mol. The van der Waals surface area contributed by atoms with Crippen LogP contribution in [0.15, 0.2) is 22.7 Å². The fourth-order valence-corrected chi connectivity index (χ4v) is 1.30. The van der Waals surface area contributed by atoms with Gasteiger partial charge in [-0.05, 0) is 28.1 Å². The maximum absolute atomic E-state index is 10.8. The van der Waals surface area contributed by atoms with E-state index in [9.17, 15) is 4.79 Å². The van der Waals surface area contributed by atoms with Crippen molar-refractivity contribution in [2.45, 2.75) is 0 Å². The highest BCUT2D eigenvalue weighted by molar-refractivity contribution is 9.10. The van der Waals surface area contributed by atoms with E-state index < -0.39 is 6.03 Å². The lowest BCUT2D eigenvalue weighted by atomic mass is 10.3. The summed E-state index contributed by atoms with van der Waals surface area (Å²) in [6, 6.07) is 4.63. The molecule has 1 rings (SSSR count). The highest BCUT2D eigenvalue weighted by Crippen LogP contribution is 2.29. The van der Waals surface area contributed by atoms with Gasteiger partial charge in [0.05, 0.1) is 15.2 Å². The van der Waals surface area contributed by atoms with Gasteiger partial charge in [0.15, 0.2) is 0 Å². The van der Waals surface area contributed by atoms with Gasteiger partial charge in [-0.15, -0.1) is 0 Å². The van der Waals surface area contributed by atoms with E-state index in [1.165, 1.54) is 0 Å². The minimum atomic E-state index is -0.497. The molecule has 0 saturated heterocycles. The Morgan fingerprint density at radius 2 is 2.23 bits per heavy atom. The number of halogens is 2. The summed E-state index contributed by atoms with van der Waals surface area (Å²) in [5.74, 6) is 4.90. The second-order valence-corrected chi connectivity index (χ2v) is 3.40. The normalized spacial score (nSPS) is 9.46. The first kappa shape index (κ1) is 10.3. The molecule has 13 heavy (non-hydrogen) atoms. The molecule has 6 heteroatoms. The van der Waals surface area contributed by atoms with Crippen molar-refractivity contribution in [1.29, 1.82) is 0 Å². The molecule has 0 aliphatic heterocycles. The Balaban J connectivity index is 2.89. The highest BCUT2D eigenvalue weighted by Gasteiger charge is 2.05. The second-order valence-electron chi connectivity index (χ2n) is 2.20. The molecular formula is C7H7BrClN3O. The third kappa shape index (κ3) is 2.58. The molecule has 0 spiro atoms. The Morgan fingerprint density at radius 3 is 2.85 bits per heavy atom. The maximum atomic E-state index is 10.8. The second kappa shape index (κ2) is 4.45. The fourth-order valence-electron chi connectivity index (χ4n) is 0.759. The molecule has 70 valence electrons. The van der Waals surface area contributed by atoms with Gasteiger partial charge in [0, 0.05) is 0 Å². The Hall–Kier alpha value is -0.780. The van der Waals surface area contributed by atoms with Gasteiger partial charge in [0.25, 0.3) is 0 Å². The van der Waals surface area contributed by atoms with E-state index in [0.29, 0.717) is 15.2 Å². The van der Waals surface area contributed by atoms with E-state index in [1.54, 1.807) is 18.2 Å². The van der Waals surface area contributed by atoms with Crippen LogP contribution in [0.2, 0.25) is 5.02 Å². The predicted molar refractivity (Wildman–Crippen MR) is 55.5 cm³/mol. The van der Waals surface area contributed by atoms with Gasteiger partial charge in [-0.1, -0.05) is 17.7 Å². The van der Waals surface area contributed by atoms with Crippen LogP contribution in [0, 0.1) is 0 Å². The molecule has 0 saturated carbocycles. The minimum Gasteiger partial charge on any atom is -0.306 e. The Morgan fingerprint density at radius 1 is 1.54 bits per heavy atom. The van der Waals surface area contributed by atoms with Crippen molar-refractivity contribution >= 4 is 39.2 Å². The van der Waals surface area contributed by atoms with Crippen LogP contribution in [-0.4, -0.2) is 6.03 Å². The molecule has 4 nitrogen and oxygen atoms in total. The number of anilines is 1. The number of carbonyl (C=O) groups is 1. The molecule has 0 radical (unpaired) electrons. The van der Waals surface area contributed by atoms with Gasteiger partial charge in [0.2, 0.25) is 0 Å². The summed E-state index contributed by atoms with van der Waals surface area (Å²) in [6.07, 6.45) is 0. The molecule has 1 aromatic rings. The average Bonchev–Trinajstić information content (AvgIpc) is 2.13. The van der Waals surface area contributed by atoms with Gasteiger partial charge in [-0.2, -0.15) is 0 Å². The van der Waals surface area contributed by atoms with Crippen molar-refractivity contribution < 1.29 is 4.79 Å². The third-order valence-corrected chi connectivity index (χ3v) is 2.73. The lowest BCUT2D eigenvalue weighted by molar-refractivity contribution is 0.252. The average molecular weight is 265 g/mol. The van der Waals surface area contributed by atoms with E-state index in [0.717, 1.165) is 0 Å². The number of urea groups is 1. The number of benzene rings is 1. The van der Waals surface area contributed by atoms with Crippen molar-refractivity contribution in [2.75, 3.05) is 5.32 Å². The molecule has 1 aromatic carbocycles. The molecule has 0 bridgehead atoms. The van der Waals surface area contributed by atoms with Crippen LogP contribution in [0.5, 0.6) is 0 Å². The van der Waals surface area contributed by atoms with E-state index in [4.69, 9.17) is 17.4 Å². The lowest BCUT2D eigenvalue weighted by Gasteiger charge is -2.06. The molecule has 4 N–H and O–H groups in total. The molecule has 0 aliphatic rings. The molecule has 0 aromatic heterocycles. The Kier molecular flexibility index (Phi) is 3.53. The van der Waals surface area contributed by atoms with Crippen LogP contribution >= 0.6 is 27.5 Å². The maximum Gasteiger partial charge on any atom is 0.333 e. The van der Waals surface area contributed by atoms with Crippen molar-refractivity contribution in [3.63, 3.8) is 0 Å². The first-order valence-corrected chi connectivity index (χ1v) is 4.54. The number of hydrazine groups is 1. The van der Waals surface area contributed by atoms with Crippen LogP contribution in [0.4, 0.5) is 10.5 Å². The zero-order valence-corrected chi connectivity index (χ0v) is 8.82. The molecule has 0 atom stereocenters. The smallest absolute Gasteiger partial charge is 0.306 e. The number of nitrogens with one attached hydrogen (secondary N) is 2. The highest BCUT2D eigenvalue weighted by atomic mass is 79.9. The first-order valence-electron chi connectivity index (χ1n) is 3.36. The zero-order chi connectivity index (χ0) is 9.84. The molecule has 0 unspecified atom stereocenters. The molecule has 0 heterocycles. The summed E-state index contributed by atoms with van der Waals surface area (Å²) in [5.41, 5.74) is 2.51. The first-order chi connectivity index (χ1) is 6.15. The van der Waals surface area contributed by atoms with Crippen LogP contribution in [-0.2, 0) is 0 Å². The number of amides is 2. The Labute approximate surface area is 88.5 Å². The van der Waals surface area contributed by atoms with E-state index >= 15 is 0 Å². The zero-order valence-electron chi connectivity index (χ0n) is 6.47.